The molecule has 14 nitrogen and oxygen atoms in total. The number of rotatable bonds is 7. The number of aliphatic imine (C=N–C) groups is 1. The molecule has 60 heavy (non-hydrogen) atoms. The average molecular weight is 848 g/mol. The molecular formula is C45H70FN3O11. The highest BCUT2D eigenvalue weighted by molar-refractivity contribution is 6.08. The summed E-state index contributed by atoms with van der Waals surface area (Å²) in [5, 5.41) is 28.8. The van der Waals surface area contributed by atoms with Gasteiger partial charge in [-0.3, -0.25) is 14.5 Å². The number of nitrogens with zero attached hydrogens (tertiary/aromatic N) is 3. The van der Waals surface area contributed by atoms with Crippen LogP contribution in [0.4, 0.5) is 4.39 Å². The zero-order chi connectivity index (χ0) is 45.0. The first-order valence-corrected chi connectivity index (χ1v) is 21.3. The normalized spacial score (nSPS) is 39.4. The molecule has 0 radical (unpaired) electrons. The van der Waals surface area contributed by atoms with Crippen LogP contribution in [0.3, 0.4) is 0 Å². The molecule has 2 N–H and O–H groups in total. The highest BCUT2D eigenvalue weighted by atomic mass is 19.1. The van der Waals surface area contributed by atoms with Gasteiger partial charge < -0.3 is 38.7 Å². The molecule has 3 aliphatic rings. The van der Waals surface area contributed by atoms with E-state index < -0.39 is 95.1 Å². The summed E-state index contributed by atoms with van der Waals surface area (Å²) < 4.78 is 49.1. The highest BCUT2D eigenvalue weighted by Crippen LogP contribution is 2.41. The molecule has 3 saturated heterocycles. The Kier molecular flexibility index (Phi) is 16.4. The number of alkyl halides is 1. The number of halogens is 1. The third-order valence-corrected chi connectivity index (χ3v) is 12.6. The lowest BCUT2D eigenvalue weighted by atomic mass is 9.73. The van der Waals surface area contributed by atoms with Gasteiger partial charge >= 0.3 is 5.97 Å². The van der Waals surface area contributed by atoms with Gasteiger partial charge in [-0.2, -0.15) is 0 Å². The molecule has 1 amide bonds. The molecule has 1 aromatic carbocycles. The third kappa shape index (κ3) is 11.4. The number of aliphatic hydroxyl groups is 2. The second-order valence-electron chi connectivity index (χ2n) is 18.6. The molecule has 0 saturated carbocycles. The molecule has 1 aromatic rings. The number of hydrogen-bond acceptors (Lipinski definition) is 13. The van der Waals surface area contributed by atoms with E-state index >= 15 is 4.39 Å². The fourth-order valence-corrected chi connectivity index (χ4v) is 8.92. The topological polar surface area (TPSA) is 175 Å². The van der Waals surface area contributed by atoms with Gasteiger partial charge in [-0.15, -0.1) is 0 Å². The first kappa shape index (κ1) is 49.5. The maximum atomic E-state index is 17.0. The minimum Gasteiger partial charge on any atom is -0.457 e. The molecule has 15 heteroatoms. The number of Topliss-reactive ketones (excluding diaryl/α,β-unsaturated/α-hetero) is 1. The van der Waals surface area contributed by atoms with E-state index in [2.05, 4.69) is 10.1 Å². The van der Waals surface area contributed by atoms with Gasteiger partial charge in [0.15, 0.2) is 12.1 Å². The Morgan fingerprint density at radius 2 is 1.72 bits per heavy atom. The Hall–Kier alpha value is -3.18. The number of hydrogen-bond donors (Lipinski definition) is 2. The lowest BCUT2D eigenvalue weighted by Crippen LogP contribution is -2.63. The monoisotopic (exact) mass is 847 g/mol. The molecule has 4 rings (SSSR count). The van der Waals surface area contributed by atoms with E-state index in [9.17, 15) is 24.6 Å². The Morgan fingerprint density at radius 1 is 1.07 bits per heavy atom. The Balaban J connectivity index is 1.97. The Morgan fingerprint density at radius 3 is 2.32 bits per heavy atom. The number of aliphatic hydroxyl groups excluding tert-OH is 1. The zero-order valence-corrected chi connectivity index (χ0v) is 37.9. The first-order chi connectivity index (χ1) is 27.8. The zero-order valence-electron chi connectivity index (χ0n) is 37.9. The van der Waals surface area contributed by atoms with E-state index in [1.54, 1.807) is 20.8 Å². The van der Waals surface area contributed by atoms with Crippen LogP contribution in [0.25, 0.3) is 0 Å². The molecule has 338 valence electrons. The summed E-state index contributed by atoms with van der Waals surface area (Å²) in [6.07, 6.45) is -6.16. The van der Waals surface area contributed by atoms with Crippen molar-refractivity contribution >= 4 is 29.1 Å². The van der Waals surface area contributed by atoms with Gasteiger partial charge in [0.2, 0.25) is 5.91 Å². The minimum atomic E-state index is -3.21. The van der Waals surface area contributed by atoms with Crippen LogP contribution in [-0.2, 0) is 49.5 Å². The van der Waals surface area contributed by atoms with E-state index in [0.29, 0.717) is 17.8 Å². The van der Waals surface area contributed by atoms with Crippen LogP contribution in [0, 0.1) is 17.8 Å². The van der Waals surface area contributed by atoms with Crippen LogP contribution in [0.1, 0.15) is 114 Å². The summed E-state index contributed by atoms with van der Waals surface area (Å²) in [4.78, 5) is 53.6. The second-order valence-corrected chi connectivity index (χ2v) is 18.6. The number of oxime groups is 1. The largest absolute Gasteiger partial charge is 0.457 e. The van der Waals surface area contributed by atoms with Gasteiger partial charge in [-0.25, -0.2) is 14.2 Å². The van der Waals surface area contributed by atoms with Gasteiger partial charge in [0.25, 0.3) is 5.67 Å². The lowest BCUT2D eigenvalue weighted by molar-refractivity contribution is -0.299. The van der Waals surface area contributed by atoms with E-state index in [0.717, 1.165) is 12.5 Å². The van der Waals surface area contributed by atoms with Gasteiger partial charge in [0.05, 0.1) is 42.8 Å². The molecule has 3 fully saturated rings. The van der Waals surface area contributed by atoms with Crippen molar-refractivity contribution in [2.45, 2.75) is 181 Å². The van der Waals surface area contributed by atoms with Crippen molar-refractivity contribution in [2.24, 2.45) is 27.9 Å². The number of esters is 1. The number of likely N-dealkylation sites (N-methyl/N-ethyl adjacent to an activating group) is 1. The number of ketones is 1. The number of carbonyl (C=O) groups excluding carboxylic acids is 3. The quantitative estimate of drug-likeness (QED) is 0.193. The maximum Gasteiger partial charge on any atom is 0.351 e. The van der Waals surface area contributed by atoms with Gasteiger partial charge in [0, 0.05) is 42.5 Å². The maximum absolute atomic E-state index is 17.0. The number of ether oxygens (including phenoxy) is 5. The molecule has 2 bridgehead atoms. The van der Waals surface area contributed by atoms with Crippen molar-refractivity contribution in [3.8, 4) is 0 Å². The van der Waals surface area contributed by atoms with Crippen molar-refractivity contribution < 1.29 is 57.5 Å². The Bertz CT molecular complexity index is 1700. The van der Waals surface area contributed by atoms with E-state index in [-0.39, 0.29) is 44.6 Å². The van der Waals surface area contributed by atoms with Gasteiger partial charge in [-0.05, 0) is 86.3 Å². The average Bonchev–Trinajstić information content (AvgIpc) is 3.17. The second kappa shape index (κ2) is 19.9. The molecule has 3 aliphatic heterocycles. The Labute approximate surface area is 355 Å². The molecule has 0 aromatic heterocycles. The smallest absolute Gasteiger partial charge is 0.351 e. The van der Waals surface area contributed by atoms with Gasteiger partial charge in [0.1, 0.15) is 24.4 Å². The molecule has 0 aliphatic carbocycles. The summed E-state index contributed by atoms with van der Waals surface area (Å²) in [5.74, 6) is -5.97. The van der Waals surface area contributed by atoms with Crippen molar-refractivity contribution in [3.05, 3.63) is 35.9 Å². The summed E-state index contributed by atoms with van der Waals surface area (Å²) in [5.41, 5.74) is -5.43. The lowest BCUT2D eigenvalue weighted by Gasteiger charge is -2.50. The minimum absolute atomic E-state index is 0.0209. The van der Waals surface area contributed by atoms with Crippen molar-refractivity contribution in [1.82, 2.24) is 4.90 Å². The van der Waals surface area contributed by atoms with Crippen LogP contribution in [0.2, 0.25) is 0 Å². The summed E-state index contributed by atoms with van der Waals surface area (Å²) >= 11 is 0. The molecule has 0 spiro atoms. The number of benzene rings is 1. The highest BCUT2D eigenvalue weighted by Gasteiger charge is 2.56. The summed E-state index contributed by atoms with van der Waals surface area (Å²) in [6, 6.07) is 9.05. The fraction of sp³-hybridized carbons (Fsp3) is 0.756. The predicted molar refractivity (Wildman–Crippen MR) is 224 cm³/mol. The number of cyclic esters (lactones) is 1. The summed E-state index contributed by atoms with van der Waals surface area (Å²) in [6.45, 7) is 19.9. The molecular weight excluding hydrogens is 778 g/mol. The van der Waals surface area contributed by atoms with E-state index in [4.69, 9.17) is 28.5 Å². The van der Waals surface area contributed by atoms with E-state index in [1.807, 2.05) is 76.9 Å². The van der Waals surface area contributed by atoms with Crippen molar-refractivity contribution in [2.75, 3.05) is 20.3 Å². The standard InChI is InChI=1S/C45H70FN3O11/c1-14-34-45(12,54)39-28(4)35(47-30(6)50)26(2)23-43(10,56-25-32(20-21-55-39)48-57-24-31-18-16-15-17-19-31)38(29(5)37(52)44(11,46)41(53)59-34)60-40-36(51)33(22-27(3)58-40)49(13)42(7,8)9/h15-19,26-29,33-34,36,38-40,51,54H,14,20-25H2,1-13H3/b47-35+,48-32+/t26-,27-,28+,29+,33+,34-,36-,38-,39-,40+,43-,44+,45-/m1/s1. The van der Waals surface area contributed by atoms with Crippen LogP contribution in [-0.4, -0.2) is 130 Å². The summed E-state index contributed by atoms with van der Waals surface area (Å²) in [7, 11) is 1.91. The molecule has 3 heterocycles. The van der Waals surface area contributed by atoms with Crippen LogP contribution in [0.5, 0.6) is 0 Å². The van der Waals surface area contributed by atoms with Crippen molar-refractivity contribution in [1.29, 1.82) is 0 Å². The number of carbonyl (C=O) groups is 3. The van der Waals surface area contributed by atoms with E-state index in [1.165, 1.54) is 20.8 Å². The van der Waals surface area contributed by atoms with Crippen LogP contribution < -0.4 is 0 Å². The van der Waals surface area contributed by atoms with Crippen LogP contribution in [0.15, 0.2) is 40.5 Å². The van der Waals surface area contributed by atoms with Gasteiger partial charge in [-0.1, -0.05) is 63.2 Å². The fourth-order valence-electron chi connectivity index (χ4n) is 8.92. The number of amides is 1. The first-order valence-electron chi connectivity index (χ1n) is 21.3. The molecule has 0 unspecified atom stereocenters. The predicted octanol–water partition coefficient (Wildman–Crippen LogP) is 5.77. The third-order valence-electron chi connectivity index (χ3n) is 12.6. The SMILES string of the molecule is CC[C@H]1OC(=O)[C@@](C)(F)C(=O)[C@H](C)[C@@H](O[C@@H]2O[C@H](C)C[C@H](N(C)C(C)(C)C)[C@H]2O)[C@@]2(C)C[C@@H](C)/C(=N\C(C)=O)[C@H](C)[C@@H](OCC/C(=N\OCc3ccccc3)CO2)[C@]1(C)O. The van der Waals surface area contributed by atoms with Crippen LogP contribution >= 0.6 is 0 Å². The van der Waals surface area contributed by atoms with Crippen molar-refractivity contribution in [3.63, 3.8) is 0 Å². The molecule has 13 atom stereocenters. The number of fused-ring (bicyclic) bond motifs is 5.